The van der Waals surface area contributed by atoms with Gasteiger partial charge in [-0.3, -0.25) is 18.9 Å². The monoisotopic (exact) mass is 622 g/mol. The SMILES string of the molecule is CCOP(=O)(CCOC[C@H]1O[C@@H](n2ccc(=O)[nH]c2=O)C(OC)C1OP(OCCC#N)N(C(C)C)C(C)C)OCC. The average molecular weight is 623 g/mol. The van der Waals surface area contributed by atoms with Gasteiger partial charge >= 0.3 is 13.3 Å². The highest BCUT2D eigenvalue weighted by Gasteiger charge is 2.49. The molecular weight excluding hydrogens is 578 g/mol. The molecule has 0 aromatic carbocycles. The number of H-pyrrole nitrogens is 1. The molecule has 1 saturated heterocycles. The summed E-state index contributed by atoms with van der Waals surface area (Å²) >= 11 is 0. The van der Waals surface area contributed by atoms with Gasteiger partial charge in [0.1, 0.15) is 18.3 Å². The van der Waals surface area contributed by atoms with E-state index in [0.29, 0.717) is 0 Å². The maximum atomic E-state index is 12.8. The predicted octanol–water partition coefficient (Wildman–Crippen LogP) is 3.39. The van der Waals surface area contributed by atoms with E-state index in [2.05, 4.69) is 15.7 Å². The smallest absolute Gasteiger partial charge is 0.332 e. The second kappa shape index (κ2) is 17.6. The first-order valence-electron chi connectivity index (χ1n) is 13.7. The molecule has 41 heavy (non-hydrogen) atoms. The van der Waals surface area contributed by atoms with Crippen molar-refractivity contribution in [2.45, 2.75) is 84.6 Å². The van der Waals surface area contributed by atoms with Crippen LogP contribution in [0.25, 0.3) is 0 Å². The first-order valence-corrected chi connectivity index (χ1v) is 16.6. The van der Waals surface area contributed by atoms with Gasteiger partial charge in [0.15, 0.2) is 6.23 Å². The molecule has 5 atom stereocenters. The van der Waals surface area contributed by atoms with Crippen molar-refractivity contribution >= 4 is 16.1 Å². The molecule has 0 saturated carbocycles. The molecule has 0 radical (unpaired) electrons. The molecule has 234 valence electrons. The van der Waals surface area contributed by atoms with E-state index in [9.17, 15) is 14.2 Å². The summed E-state index contributed by atoms with van der Waals surface area (Å²) < 4.78 is 57.4. The summed E-state index contributed by atoms with van der Waals surface area (Å²) in [7, 11) is -3.53. The summed E-state index contributed by atoms with van der Waals surface area (Å²) in [6.45, 7) is 12.2. The van der Waals surface area contributed by atoms with Crippen molar-refractivity contribution in [1.29, 1.82) is 5.26 Å². The fraction of sp³-hybridized carbons (Fsp3) is 0.800. The van der Waals surface area contributed by atoms with Crippen molar-refractivity contribution in [3.05, 3.63) is 33.1 Å². The third-order valence-corrected chi connectivity index (χ3v) is 10.2. The van der Waals surface area contributed by atoms with E-state index in [-0.39, 0.29) is 57.7 Å². The molecule has 2 rings (SSSR count). The van der Waals surface area contributed by atoms with Crippen LogP contribution in [0, 0.1) is 11.3 Å². The third-order valence-electron chi connectivity index (χ3n) is 6.00. The lowest BCUT2D eigenvalue weighted by atomic mass is 10.1. The average Bonchev–Trinajstić information content (AvgIpc) is 3.23. The molecule has 14 nitrogen and oxygen atoms in total. The molecule has 1 N–H and O–H groups in total. The largest absolute Gasteiger partial charge is 0.378 e. The van der Waals surface area contributed by atoms with Crippen molar-refractivity contribution in [2.75, 3.05) is 46.3 Å². The highest BCUT2D eigenvalue weighted by atomic mass is 31.2. The lowest BCUT2D eigenvalue weighted by molar-refractivity contribution is -0.0709. The Kier molecular flexibility index (Phi) is 15.3. The number of nitriles is 1. The second-order valence-corrected chi connectivity index (χ2v) is 13.2. The Labute approximate surface area is 242 Å². The molecule has 1 aliphatic rings. The Morgan fingerprint density at radius 1 is 1.15 bits per heavy atom. The number of aromatic amines is 1. The van der Waals surface area contributed by atoms with E-state index in [1.54, 1.807) is 13.8 Å². The third kappa shape index (κ3) is 10.3. The molecule has 1 aromatic rings. The molecule has 0 amide bonds. The van der Waals surface area contributed by atoms with Crippen LogP contribution in [0.3, 0.4) is 0 Å². The summed E-state index contributed by atoms with van der Waals surface area (Å²) in [6.07, 6.45) is -1.71. The number of methoxy groups -OCH3 is 1. The van der Waals surface area contributed by atoms with Crippen LogP contribution in [-0.4, -0.2) is 90.9 Å². The summed E-state index contributed by atoms with van der Waals surface area (Å²) in [4.78, 5) is 26.6. The normalized spacial score (nSPS) is 22.1. The van der Waals surface area contributed by atoms with E-state index in [4.69, 9.17) is 37.6 Å². The molecule has 0 spiro atoms. The molecule has 1 aromatic heterocycles. The molecule has 1 aliphatic heterocycles. The van der Waals surface area contributed by atoms with E-state index in [1.807, 2.05) is 27.7 Å². The van der Waals surface area contributed by atoms with Gasteiger partial charge in [-0.05, 0) is 41.5 Å². The minimum atomic E-state index is -3.31. The molecule has 0 bridgehead atoms. The summed E-state index contributed by atoms with van der Waals surface area (Å²) in [5.41, 5.74) is -1.21. The molecule has 2 heterocycles. The zero-order chi connectivity index (χ0) is 30.6. The van der Waals surface area contributed by atoms with E-state index in [1.165, 1.54) is 23.9 Å². The Morgan fingerprint density at radius 3 is 2.34 bits per heavy atom. The van der Waals surface area contributed by atoms with E-state index in [0.717, 1.165) is 0 Å². The zero-order valence-corrected chi connectivity index (χ0v) is 26.7. The number of hydrogen-bond donors (Lipinski definition) is 1. The standard InChI is InChI=1S/C25H44N4O10P2/c1-8-36-41(32,37-9-2)16-15-34-17-20-22(39-40(35-14-10-12-26)29(18(3)4)19(5)6)23(33-7)24(38-20)28-13-11-21(30)27-25(28)31/h11,13,18-20,22-24H,8-10,14-17H2,1-7H3,(H,27,30,31)/t20-,22?,23?,24-,40?/m1/s1. The fourth-order valence-corrected chi connectivity index (χ4v) is 7.65. The topological polar surface area (TPSA) is 164 Å². The number of ether oxygens (including phenoxy) is 3. The maximum Gasteiger partial charge on any atom is 0.332 e. The van der Waals surface area contributed by atoms with Gasteiger partial charge < -0.3 is 32.3 Å². The van der Waals surface area contributed by atoms with Gasteiger partial charge in [-0.2, -0.15) is 5.26 Å². The van der Waals surface area contributed by atoms with Crippen molar-refractivity contribution in [1.82, 2.24) is 14.2 Å². The summed E-state index contributed by atoms with van der Waals surface area (Å²) in [5.74, 6) is 0. The number of hydrogen-bond acceptors (Lipinski definition) is 12. The molecule has 3 unspecified atom stereocenters. The number of aromatic nitrogens is 2. The van der Waals surface area contributed by atoms with Crippen LogP contribution >= 0.6 is 16.1 Å². The van der Waals surface area contributed by atoms with Crippen LogP contribution in [0.5, 0.6) is 0 Å². The molecule has 0 aliphatic carbocycles. The molecule has 1 fully saturated rings. The summed E-state index contributed by atoms with van der Waals surface area (Å²) in [5, 5.41) is 9.06. The molecule has 16 heteroatoms. The second-order valence-electron chi connectivity index (χ2n) is 9.64. The zero-order valence-electron chi connectivity index (χ0n) is 24.9. The number of rotatable bonds is 19. The first kappa shape index (κ1) is 35.7. The number of nitrogens with one attached hydrogen (secondary N) is 1. The van der Waals surface area contributed by atoms with Gasteiger partial charge in [0, 0.05) is 31.5 Å². The summed E-state index contributed by atoms with van der Waals surface area (Å²) in [6, 6.07) is 3.39. The van der Waals surface area contributed by atoms with E-state index >= 15 is 0 Å². The van der Waals surface area contributed by atoms with Gasteiger partial charge in [-0.1, -0.05) is 0 Å². The van der Waals surface area contributed by atoms with Crippen LogP contribution < -0.4 is 11.2 Å². The van der Waals surface area contributed by atoms with Gasteiger partial charge in [-0.25, -0.2) is 9.46 Å². The molecular formula is C25H44N4O10P2. The van der Waals surface area contributed by atoms with Crippen molar-refractivity contribution in [2.24, 2.45) is 0 Å². The Bertz CT molecular complexity index is 1110. The number of nitrogens with zero attached hydrogens (tertiary/aromatic N) is 3. The Morgan fingerprint density at radius 2 is 1.80 bits per heavy atom. The van der Waals surface area contributed by atoms with Crippen molar-refractivity contribution in [3.63, 3.8) is 0 Å². The predicted molar refractivity (Wildman–Crippen MR) is 153 cm³/mol. The quantitative estimate of drug-likeness (QED) is 0.177. The van der Waals surface area contributed by atoms with Crippen LogP contribution in [0.1, 0.15) is 54.2 Å². The maximum absolute atomic E-state index is 12.8. The van der Waals surface area contributed by atoms with Gasteiger partial charge in [0.25, 0.3) is 14.1 Å². The van der Waals surface area contributed by atoms with Crippen molar-refractivity contribution in [3.8, 4) is 6.07 Å². The van der Waals surface area contributed by atoms with Gasteiger partial charge in [0.2, 0.25) is 0 Å². The van der Waals surface area contributed by atoms with Crippen LogP contribution in [0.2, 0.25) is 0 Å². The van der Waals surface area contributed by atoms with Gasteiger partial charge in [-0.15, -0.1) is 0 Å². The Hall–Kier alpha value is -1.49. The lowest BCUT2D eigenvalue weighted by Gasteiger charge is -2.38. The van der Waals surface area contributed by atoms with Gasteiger partial charge in [0.05, 0.1) is 51.7 Å². The lowest BCUT2D eigenvalue weighted by Crippen LogP contribution is -2.42. The fourth-order valence-electron chi connectivity index (χ4n) is 4.41. The minimum Gasteiger partial charge on any atom is -0.378 e. The minimum absolute atomic E-state index is 0.00209. The van der Waals surface area contributed by atoms with E-state index < -0.39 is 51.9 Å². The van der Waals surface area contributed by atoms with Crippen LogP contribution in [0.15, 0.2) is 21.9 Å². The van der Waals surface area contributed by atoms with Crippen molar-refractivity contribution < 1.29 is 36.9 Å². The first-order chi connectivity index (χ1) is 19.5. The van der Waals surface area contributed by atoms with Crippen LogP contribution in [-0.2, 0) is 36.9 Å². The van der Waals surface area contributed by atoms with Crippen LogP contribution in [0.4, 0.5) is 0 Å². The Balaban J connectivity index is 2.36. The highest BCUT2D eigenvalue weighted by molar-refractivity contribution is 7.53. The highest BCUT2D eigenvalue weighted by Crippen LogP contribution is 2.51.